The van der Waals surface area contributed by atoms with Crippen molar-refractivity contribution in [2.24, 2.45) is 0 Å². The second kappa shape index (κ2) is 5.33. The van der Waals surface area contributed by atoms with Gasteiger partial charge in [0.1, 0.15) is 11.4 Å². The van der Waals surface area contributed by atoms with E-state index in [-0.39, 0.29) is 12.5 Å². The summed E-state index contributed by atoms with van der Waals surface area (Å²) in [5.41, 5.74) is 1.43. The van der Waals surface area contributed by atoms with E-state index in [4.69, 9.17) is 4.74 Å². The van der Waals surface area contributed by atoms with Crippen LogP contribution in [0.4, 0.5) is 0 Å². The van der Waals surface area contributed by atoms with Crippen molar-refractivity contribution in [2.45, 2.75) is 20.4 Å². The quantitative estimate of drug-likeness (QED) is 0.674. The fraction of sp³-hybridized carbons (Fsp3) is 0.625. The molecule has 6 nitrogen and oxygen atoms in total. The summed E-state index contributed by atoms with van der Waals surface area (Å²) >= 11 is 0. The van der Waals surface area contributed by atoms with Gasteiger partial charge in [-0.15, -0.1) is 0 Å². The number of esters is 1. The highest BCUT2D eigenvalue weighted by molar-refractivity contribution is 5.71. The van der Waals surface area contributed by atoms with Gasteiger partial charge in [-0.05, 0) is 13.8 Å². The van der Waals surface area contributed by atoms with Crippen LogP contribution in [0.15, 0.2) is 4.63 Å². The molecule has 0 amide bonds. The first kappa shape index (κ1) is 10.6. The fourth-order valence-electron chi connectivity index (χ4n) is 0.905. The Bertz CT molecular complexity index is 298. The van der Waals surface area contributed by atoms with Crippen LogP contribution < -0.4 is 5.32 Å². The lowest BCUT2D eigenvalue weighted by Crippen LogP contribution is -2.24. The molecule has 1 N–H and O–H groups in total. The summed E-state index contributed by atoms with van der Waals surface area (Å²) in [4.78, 5) is 10.9. The lowest BCUT2D eigenvalue weighted by atomic mass is 10.3. The molecule has 1 aromatic rings. The molecule has 0 aromatic carbocycles. The lowest BCUT2D eigenvalue weighted by Gasteiger charge is -2.01. The summed E-state index contributed by atoms with van der Waals surface area (Å²) in [5.74, 6) is -0.276. The first-order valence-electron chi connectivity index (χ1n) is 4.38. The van der Waals surface area contributed by atoms with E-state index in [0.717, 1.165) is 5.69 Å². The van der Waals surface area contributed by atoms with E-state index >= 15 is 0 Å². The van der Waals surface area contributed by atoms with Crippen molar-refractivity contribution < 1.29 is 14.2 Å². The van der Waals surface area contributed by atoms with Gasteiger partial charge in [-0.3, -0.25) is 4.79 Å². The Morgan fingerprint density at radius 2 is 2.36 bits per heavy atom. The Kier molecular flexibility index (Phi) is 4.06. The standard InChI is InChI=1S/C8H13N3O3/c1-3-13-8(12)5-9-4-7-6(2)10-14-11-7/h9H,3-5H2,1-2H3. The molecule has 6 heteroatoms. The Morgan fingerprint density at radius 1 is 1.57 bits per heavy atom. The minimum Gasteiger partial charge on any atom is -0.465 e. The number of aromatic nitrogens is 2. The van der Waals surface area contributed by atoms with Gasteiger partial charge in [0, 0.05) is 6.54 Å². The zero-order valence-corrected chi connectivity index (χ0v) is 8.24. The second-order valence-corrected chi connectivity index (χ2v) is 2.70. The van der Waals surface area contributed by atoms with Crippen LogP contribution in [0.1, 0.15) is 18.3 Å². The molecule has 0 aliphatic carbocycles. The van der Waals surface area contributed by atoms with E-state index in [1.165, 1.54) is 0 Å². The summed E-state index contributed by atoms with van der Waals surface area (Å²) in [6.45, 7) is 4.57. The molecule has 1 aromatic heterocycles. The van der Waals surface area contributed by atoms with Gasteiger partial charge in [0.15, 0.2) is 0 Å². The zero-order valence-electron chi connectivity index (χ0n) is 8.24. The molecule has 0 atom stereocenters. The average Bonchev–Trinajstić information content (AvgIpc) is 2.52. The molecule has 1 rings (SSSR count). The molecule has 1 heterocycles. The van der Waals surface area contributed by atoms with Gasteiger partial charge in [0.2, 0.25) is 0 Å². The van der Waals surface area contributed by atoms with Gasteiger partial charge in [0.25, 0.3) is 0 Å². The minimum atomic E-state index is -0.276. The summed E-state index contributed by atoms with van der Waals surface area (Å²) < 4.78 is 9.22. The van der Waals surface area contributed by atoms with Gasteiger partial charge in [0.05, 0.1) is 13.2 Å². The maximum Gasteiger partial charge on any atom is 0.319 e. The van der Waals surface area contributed by atoms with Crippen LogP contribution in [-0.4, -0.2) is 29.4 Å². The number of hydrogen-bond donors (Lipinski definition) is 1. The van der Waals surface area contributed by atoms with Crippen LogP contribution in [0.5, 0.6) is 0 Å². The Morgan fingerprint density at radius 3 is 2.93 bits per heavy atom. The van der Waals surface area contributed by atoms with Gasteiger partial charge >= 0.3 is 5.97 Å². The third-order valence-electron chi connectivity index (χ3n) is 1.61. The van der Waals surface area contributed by atoms with E-state index in [1.807, 2.05) is 0 Å². The van der Waals surface area contributed by atoms with E-state index in [1.54, 1.807) is 13.8 Å². The van der Waals surface area contributed by atoms with Crippen LogP contribution in [0, 0.1) is 6.92 Å². The predicted molar refractivity (Wildman–Crippen MR) is 47.4 cm³/mol. The largest absolute Gasteiger partial charge is 0.465 e. The van der Waals surface area contributed by atoms with Crippen molar-refractivity contribution in [2.75, 3.05) is 13.2 Å². The number of carbonyl (C=O) groups is 1. The van der Waals surface area contributed by atoms with E-state index in [0.29, 0.717) is 18.8 Å². The molecular weight excluding hydrogens is 186 g/mol. The number of hydrogen-bond acceptors (Lipinski definition) is 6. The molecular formula is C8H13N3O3. The Hall–Kier alpha value is -1.43. The van der Waals surface area contributed by atoms with E-state index < -0.39 is 0 Å². The highest BCUT2D eigenvalue weighted by atomic mass is 16.6. The average molecular weight is 199 g/mol. The summed E-state index contributed by atoms with van der Waals surface area (Å²) in [7, 11) is 0. The van der Waals surface area contributed by atoms with Crippen LogP contribution in [0.2, 0.25) is 0 Å². The maximum atomic E-state index is 10.9. The lowest BCUT2D eigenvalue weighted by molar-refractivity contribution is -0.142. The molecule has 0 saturated heterocycles. The molecule has 0 spiro atoms. The smallest absolute Gasteiger partial charge is 0.319 e. The van der Waals surface area contributed by atoms with Crippen LogP contribution >= 0.6 is 0 Å². The summed E-state index contributed by atoms with van der Waals surface area (Å²) in [5, 5.41) is 10.1. The molecule has 14 heavy (non-hydrogen) atoms. The van der Waals surface area contributed by atoms with Crippen molar-refractivity contribution in [3.63, 3.8) is 0 Å². The second-order valence-electron chi connectivity index (χ2n) is 2.70. The van der Waals surface area contributed by atoms with Gasteiger partial charge in [-0.2, -0.15) is 0 Å². The number of nitrogens with zero attached hydrogens (tertiary/aromatic N) is 2. The predicted octanol–water partition coefficient (Wildman–Crippen LogP) is 0.0307. The number of rotatable bonds is 5. The summed E-state index contributed by atoms with van der Waals surface area (Å²) in [6, 6.07) is 0. The van der Waals surface area contributed by atoms with Gasteiger partial charge in [-0.1, -0.05) is 10.3 Å². The zero-order chi connectivity index (χ0) is 10.4. The monoisotopic (exact) mass is 199 g/mol. The van der Waals surface area contributed by atoms with E-state index in [9.17, 15) is 4.79 Å². The Labute approximate surface area is 81.6 Å². The van der Waals surface area contributed by atoms with Crippen LogP contribution in [-0.2, 0) is 16.1 Å². The first-order chi connectivity index (χ1) is 6.74. The molecule has 0 bridgehead atoms. The van der Waals surface area contributed by atoms with E-state index in [2.05, 4.69) is 20.3 Å². The molecule has 78 valence electrons. The van der Waals surface area contributed by atoms with Crippen LogP contribution in [0.25, 0.3) is 0 Å². The van der Waals surface area contributed by atoms with Crippen molar-refractivity contribution >= 4 is 5.97 Å². The van der Waals surface area contributed by atoms with Crippen molar-refractivity contribution in [3.05, 3.63) is 11.4 Å². The number of carbonyl (C=O) groups excluding carboxylic acids is 1. The highest BCUT2D eigenvalue weighted by Gasteiger charge is 2.05. The van der Waals surface area contributed by atoms with Crippen LogP contribution in [0.3, 0.4) is 0 Å². The van der Waals surface area contributed by atoms with Gasteiger partial charge in [-0.25, -0.2) is 4.63 Å². The normalized spacial score (nSPS) is 10.1. The molecule has 0 fully saturated rings. The molecule has 0 aliphatic rings. The first-order valence-corrected chi connectivity index (χ1v) is 4.38. The van der Waals surface area contributed by atoms with Crippen molar-refractivity contribution in [3.8, 4) is 0 Å². The number of nitrogens with one attached hydrogen (secondary N) is 1. The highest BCUT2D eigenvalue weighted by Crippen LogP contribution is 1.98. The third kappa shape index (κ3) is 3.14. The topological polar surface area (TPSA) is 77.2 Å². The third-order valence-corrected chi connectivity index (χ3v) is 1.61. The van der Waals surface area contributed by atoms with Gasteiger partial charge < -0.3 is 10.1 Å². The maximum absolute atomic E-state index is 10.9. The molecule has 0 radical (unpaired) electrons. The molecule has 0 aliphatic heterocycles. The van der Waals surface area contributed by atoms with Crippen molar-refractivity contribution in [1.29, 1.82) is 0 Å². The summed E-state index contributed by atoms with van der Waals surface area (Å²) in [6.07, 6.45) is 0. The molecule has 0 unspecified atom stereocenters. The SMILES string of the molecule is CCOC(=O)CNCc1nonc1C. The fourth-order valence-corrected chi connectivity index (χ4v) is 0.905. The minimum absolute atomic E-state index is 0.167. The Balaban J connectivity index is 2.22. The molecule has 0 saturated carbocycles. The number of ether oxygens (including phenoxy) is 1. The number of aryl methyl sites for hydroxylation is 1. The van der Waals surface area contributed by atoms with Crippen molar-refractivity contribution in [1.82, 2.24) is 15.6 Å².